The van der Waals surface area contributed by atoms with Crippen molar-refractivity contribution in [2.75, 3.05) is 0 Å². The van der Waals surface area contributed by atoms with Gasteiger partial charge in [0.2, 0.25) is 0 Å². The molecule has 0 saturated heterocycles. The fraction of sp³-hybridized carbons (Fsp3) is 0.286. The number of benzene rings is 1. The molecule has 2 rings (SSSR count). The van der Waals surface area contributed by atoms with Crippen LogP contribution in [0.1, 0.15) is 36.4 Å². The zero-order chi connectivity index (χ0) is 12.3. The van der Waals surface area contributed by atoms with Crippen molar-refractivity contribution in [3.8, 4) is 0 Å². The fourth-order valence-corrected chi connectivity index (χ4v) is 2.71. The summed E-state index contributed by atoms with van der Waals surface area (Å²) in [6, 6.07) is 13.0. The third-order valence-electron chi connectivity index (χ3n) is 2.84. The van der Waals surface area contributed by atoms with Crippen LogP contribution in [-0.4, -0.2) is 0 Å². The molecule has 2 atom stereocenters. The zero-order valence-electron chi connectivity index (χ0n) is 9.98. The minimum atomic E-state index is 0.323. The molecule has 90 valence electrons. The first-order valence-corrected chi connectivity index (χ1v) is 6.97. The van der Waals surface area contributed by atoms with Gasteiger partial charge in [0.05, 0.1) is 0 Å². The largest absolute Gasteiger partial charge is 0.303 e. The Hall–Kier alpha value is -0.830. The van der Waals surface area contributed by atoms with Crippen LogP contribution in [0.25, 0.3) is 0 Å². The van der Waals surface area contributed by atoms with Gasteiger partial charge in [-0.05, 0) is 43.0 Å². The van der Waals surface area contributed by atoms with E-state index < -0.39 is 0 Å². The van der Waals surface area contributed by atoms with Crippen LogP contribution in [0.15, 0.2) is 41.8 Å². The number of rotatable bonds is 4. The van der Waals surface area contributed by atoms with Gasteiger partial charge in [0.1, 0.15) is 0 Å². The lowest BCUT2D eigenvalue weighted by Gasteiger charge is -2.19. The van der Waals surface area contributed by atoms with Gasteiger partial charge in [0.15, 0.2) is 0 Å². The molecule has 1 N–H and O–H groups in total. The van der Waals surface area contributed by atoms with Crippen molar-refractivity contribution in [2.45, 2.75) is 25.9 Å². The van der Waals surface area contributed by atoms with Crippen molar-refractivity contribution in [3.05, 3.63) is 57.2 Å². The standard InChI is InChI=1S/C14H16ClNS/c1-10(12-5-7-13(15)8-6-12)16-11(2)14-4-3-9-17-14/h3-11,16H,1-2H3/t10?,11-/m0/s1. The second-order valence-corrected chi connectivity index (χ2v) is 5.59. The summed E-state index contributed by atoms with van der Waals surface area (Å²) >= 11 is 7.67. The molecule has 1 aromatic heterocycles. The molecule has 17 heavy (non-hydrogen) atoms. The lowest BCUT2D eigenvalue weighted by Crippen LogP contribution is -2.21. The van der Waals surface area contributed by atoms with Crippen molar-refractivity contribution in [1.82, 2.24) is 5.32 Å². The molecule has 0 amide bonds. The second-order valence-electron chi connectivity index (χ2n) is 4.18. The van der Waals surface area contributed by atoms with Gasteiger partial charge in [-0.25, -0.2) is 0 Å². The number of halogens is 1. The van der Waals surface area contributed by atoms with E-state index in [1.165, 1.54) is 10.4 Å². The molecule has 0 aliphatic heterocycles. The van der Waals surface area contributed by atoms with Crippen LogP contribution in [0.5, 0.6) is 0 Å². The predicted molar refractivity (Wildman–Crippen MR) is 75.7 cm³/mol. The van der Waals surface area contributed by atoms with Gasteiger partial charge in [-0.2, -0.15) is 0 Å². The Kier molecular flexibility index (Phi) is 4.21. The molecule has 1 aromatic carbocycles. The van der Waals surface area contributed by atoms with Gasteiger partial charge < -0.3 is 5.32 Å². The van der Waals surface area contributed by atoms with Crippen LogP contribution in [0, 0.1) is 0 Å². The summed E-state index contributed by atoms with van der Waals surface area (Å²) < 4.78 is 0. The molecule has 3 heteroatoms. The maximum atomic E-state index is 5.88. The van der Waals surface area contributed by atoms with E-state index in [9.17, 15) is 0 Å². The molecule has 0 radical (unpaired) electrons. The van der Waals surface area contributed by atoms with Crippen molar-refractivity contribution >= 4 is 22.9 Å². The summed E-state index contributed by atoms with van der Waals surface area (Å²) in [6.07, 6.45) is 0. The Labute approximate surface area is 111 Å². The molecule has 1 heterocycles. The molecule has 0 saturated carbocycles. The Bertz CT molecular complexity index is 450. The molecular weight excluding hydrogens is 250 g/mol. The highest BCUT2D eigenvalue weighted by Crippen LogP contribution is 2.23. The van der Waals surface area contributed by atoms with E-state index >= 15 is 0 Å². The van der Waals surface area contributed by atoms with E-state index in [4.69, 9.17) is 11.6 Å². The molecule has 2 aromatic rings. The van der Waals surface area contributed by atoms with E-state index in [1.54, 1.807) is 11.3 Å². The minimum Gasteiger partial charge on any atom is -0.303 e. The highest BCUT2D eigenvalue weighted by molar-refractivity contribution is 7.10. The second kappa shape index (κ2) is 5.67. The first-order valence-electron chi connectivity index (χ1n) is 5.71. The Balaban J connectivity index is 2.01. The number of nitrogens with one attached hydrogen (secondary N) is 1. The summed E-state index contributed by atoms with van der Waals surface area (Å²) in [5.74, 6) is 0. The maximum Gasteiger partial charge on any atom is 0.0406 e. The average Bonchev–Trinajstić information content (AvgIpc) is 2.83. The third-order valence-corrected chi connectivity index (χ3v) is 4.15. The van der Waals surface area contributed by atoms with E-state index in [2.05, 4.69) is 48.8 Å². The molecule has 1 nitrogen and oxygen atoms in total. The molecule has 0 bridgehead atoms. The van der Waals surface area contributed by atoms with Gasteiger partial charge in [-0.1, -0.05) is 29.8 Å². The van der Waals surface area contributed by atoms with Gasteiger partial charge in [-0.15, -0.1) is 11.3 Å². The van der Waals surface area contributed by atoms with Gasteiger partial charge in [0, 0.05) is 22.0 Å². The van der Waals surface area contributed by atoms with Gasteiger partial charge >= 0.3 is 0 Å². The molecule has 0 aliphatic rings. The van der Waals surface area contributed by atoms with Crippen LogP contribution in [-0.2, 0) is 0 Å². The molecule has 0 fully saturated rings. The van der Waals surface area contributed by atoms with Crippen LogP contribution in [0.4, 0.5) is 0 Å². The molecule has 1 unspecified atom stereocenters. The average molecular weight is 266 g/mol. The monoisotopic (exact) mass is 265 g/mol. The van der Waals surface area contributed by atoms with Crippen molar-refractivity contribution in [1.29, 1.82) is 0 Å². The molecular formula is C14H16ClNS. The summed E-state index contributed by atoms with van der Waals surface area (Å²) in [5, 5.41) is 6.48. The fourth-order valence-electron chi connectivity index (χ4n) is 1.84. The third kappa shape index (κ3) is 3.32. The van der Waals surface area contributed by atoms with Crippen molar-refractivity contribution in [2.24, 2.45) is 0 Å². The quantitative estimate of drug-likeness (QED) is 0.836. The summed E-state index contributed by atoms with van der Waals surface area (Å²) in [4.78, 5) is 1.37. The zero-order valence-corrected chi connectivity index (χ0v) is 11.6. The highest BCUT2D eigenvalue weighted by atomic mass is 35.5. The van der Waals surface area contributed by atoms with E-state index in [1.807, 2.05) is 12.1 Å². The Morgan fingerprint density at radius 1 is 1.06 bits per heavy atom. The Morgan fingerprint density at radius 2 is 1.76 bits per heavy atom. The minimum absolute atomic E-state index is 0.323. The maximum absolute atomic E-state index is 5.88. The number of hydrogen-bond donors (Lipinski definition) is 1. The van der Waals surface area contributed by atoms with Gasteiger partial charge in [0.25, 0.3) is 0 Å². The number of hydrogen-bond acceptors (Lipinski definition) is 2. The van der Waals surface area contributed by atoms with Crippen LogP contribution < -0.4 is 5.32 Å². The normalized spacial score (nSPS) is 14.5. The summed E-state index contributed by atoms with van der Waals surface area (Å²) in [7, 11) is 0. The number of thiophene rings is 1. The van der Waals surface area contributed by atoms with E-state index in [0.29, 0.717) is 12.1 Å². The van der Waals surface area contributed by atoms with Crippen LogP contribution >= 0.6 is 22.9 Å². The van der Waals surface area contributed by atoms with Gasteiger partial charge in [-0.3, -0.25) is 0 Å². The lowest BCUT2D eigenvalue weighted by molar-refractivity contribution is 0.500. The molecule has 0 spiro atoms. The SMILES string of the molecule is CC(N[C@@H](C)c1cccs1)c1ccc(Cl)cc1. The highest BCUT2D eigenvalue weighted by Gasteiger charge is 2.11. The van der Waals surface area contributed by atoms with Crippen molar-refractivity contribution < 1.29 is 0 Å². The molecule has 0 aliphatic carbocycles. The first kappa shape index (κ1) is 12.6. The van der Waals surface area contributed by atoms with Crippen molar-refractivity contribution in [3.63, 3.8) is 0 Å². The lowest BCUT2D eigenvalue weighted by atomic mass is 10.1. The topological polar surface area (TPSA) is 12.0 Å². The van der Waals surface area contributed by atoms with E-state index in [0.717, 1.165) is 5.02 Å². The summed E-state index contributed by atoms with van der Waals surface area (Å²) in [6.45, 7) is 4.37. The smallest absolute Gasteiger partial charge is 0.0406 e. The van der Waals surface area contributed by atoms with Crippen LogP contribution in [0.3, 0.4) is 0 Å². The summed E-state index contributed by atoms with van der Waals surface area (Å²) in [5.41, 5.74) is 1.26. The van der Waals surface area contributed by atoms with E-state index in [-0.39, 0.29) is 0 Å². The predicted octanol–water partition coefficient (Wildman–Crippen LogP) is 4.81. The first-order chi connectivity index (χ1) is 8.16. The Morgan fingerprint density at radius 3 is 2.35 bits per heavy atom. The van der Waals surface area contributed by atoms with Crippen LogP contribution in [0.2, 0.25) is 5.02 Å².